The van der Waals surface area contributed by atoms with Crippen LogP contribution in [-0.2, 0) is 0 Å². The summed E-state index contributed by atoms with van der Waals surface area (Å²) in [6.07, 6.45) is 0. The highest BCUT2D eigenvalue weighted by Crippen LogP contribution is 2.44. The van der Waals surface area contributed by atoms with E-state index in [1.807, 2.05) is 11.3 Å². The van der Waals surface area contributed by atoms with Crippen LogP contribution in [0.2, 0.25) is 0 Å². The van der Waals surface area contributed by atoms with Crippen LogP contribution in [0.25, 0.3) is 108 Å². The molecule has 318 valence electrons. The molecule has 0 saturated carbocycles. The summed E-state index contributed by atoms with van der Waals surface area (Å²) in [6.45, 7) is 0. The molecule has 4 heteroatoms. The summed E-state index contributed by atoms with van der Waals surface area (Å²) in [4.78, 5) is 3.68. The molecule has 0 saturated heterocycles. The van der Waals surface area contributed by atoms with Crippen molar-refractivity contribution in [1.82, 2.24) is 8.97 Å². The average Bonchev–Trinajstić information content (AvgIpc) is 4.06. The molecule has 0 amide bonds. The summed E-state index contributed by atoms with van der Waals surface area (Å²) in [5, 5.41) is 8.69. The topological polar surface area (TPSA) is 12.6 Å². The third-order valence-corrected chi connectivity index (χ3v) is 15.0. The lowest BCUT2D eigenvalue weighted by molar-refractivity contribution is 1.17. The lowest BCUT2D eigenvalue weighted by Crippen LogP contribution is -2.10. The van der Waals surface area contributed by atoms with Gasteiger partial charge in [-0.05, 0) is 128 Å². The van der Waals surface area contributed by atoms with Crippen LogP contribution in [0.4, 0.5) is 17.1 Å². The number of aromatic nitrogens is 2. The third-order valence-electron chi connectivity index (χ3n) is 13.9. The Bertz CT molecular complexity index is 4200. The highest BCUT2D eigenvalue weighted by Gasteiger charge is 2.20. The van der Waals surface area contributed by atoms with Gasteiger partial charge in [-0.3, -0.25) is 4.40 Å². The summed E-state index contributed by atoms with van der Waals surface area (Å²) >= 11 is 1.88. The number of fused-ring (bicyclic) bond motifs is 11. The van der Waals surface area contributed by atoms with Crippen LogP contribution in [-0.4, -0.2) is 8.97 Å². The molecular formula is C64H41N3S. The standard InChI is InChI=1S/C64H41N3S/c1-3-14-42(15-4-1)43-28-32-49(33-29-43)65(50-18-13-19-51(41-50)66-58-23-10-7-20-55(58)56-21-8-11-24-59(56)66)52-34-36-54-48(39-52)27-26-47-38-45(30-35-53(47)54)46-31-37-62-61(40-46)67-60-25-12-9-22-57(60)63(64(67)68-62)44-16-5-2-6-17-44/h1-41H. The van der Waals surface area contributed by atoms with E-state index >= 15 is 0 Å². The fourth-order valence-corrected chi connectivity index (χ4v) is 11.9. The van der Waals surface area contributed by atoms with Gasteiger partial charge in [-0.1, -0.05) is 170 Å². The fraction of sp³-hybridized carbons (Fsp3) is 0. The average molecular weight is 884 g/mol. The van der Waals surface area contributed by atoms with Crippen LogP contribution in [0.5, 0.6) is 0 Å². The van der Waals surface area contributed by atoms with E-state index in [0.29, 0.717) is 0 Å². The van der Waals surface area contributed by atoms with Gasteiger partial charge in [0.1, 0.15) is 4.83 Å². The molecule has 0 bridgehead atoms. The van der Waals surface area contributed by atoms with Crippen LogP contribution in [0.15, 0.2) is 249 Å². The number of nitrogens with zero attached hydrogens (tertiary/aromatic N) is 3. The van der Waals surface area contributed by atoms with Gasteiger partial charge in [0, 0.05) is 44.5 Å². The molecule has 0 atom stereocenters. The molecule has 11 aromatic carbocycles. The Labute approximate surface area is 397 Å². The molecule has 0 unspecified atom stereocenters. The molecule has 3 nitrogen and oxygen atoms in total. The molecule has 14 aromatic rings. The second-order valence-corrected chi connectivity index (χ2v) is 18.8. The van der Waals surface area contributed by atoms with Gasteiger partial charge in [0.25, 0.3) is 0 Å². The minimum absolute atomic E-state index is 1.09. The Morgan fingerprint density at radius 1 is 0.309 bits per heavy atom. The van der Waals surface area contributed by atoms with Gasteiger partial charge in [0.15, 0.2) is 0 Å². The second kappa shape index (κ2) is 15.5. The monoisotopic (exact) mass is 883 g/mol. The van der Waals surface area contributed by atoms with Crippen LogP contribution >= 0.6 is 11.3 Å². The van der Waals surface area contributed by atoms with Crippen molar-refractivity contribution in [2.24, 2.45) is 0 Å². The zero-order valence-corrected chi connectivity index (χ0v) is 37.7. The van der Waals surface area contributed by atoms with E-state index in [0.717, 1.165) is 22.7 Å². The van der Waals surface area contributed by atoms with Crippen molar-refractivity contribution in [3.05, 3.63) is 249 Å². The van der Waals surface area contributed by atoms with Crippen molar-refractivity contribution in [2.75, 3.05) is 4.90 Å². The number of para-hydroxylation sites is 3. The second-order valence-electron chi connectivity index (χ2n) is 17.7. The number of hydrogen-bond acceptors (Lipinski definition) is 2. The highest BCUT2D eigenvalue weighted by molar-refractivity contribution is 7.24. The molecule has 68 heavy (non-hydrogen) atoms. The minimum atomic E-state index is 1.09. The SMILES string of the molecule is c1ccc(-c2ccc(N(c3cccc(-n4c5ccccc5c5ccccc54)c3)c3ccc4c(ccc5cc(-c6ccc7sc8c(-c9ccccc9)c9ccccc9n8c7c6)ccc54)c3)cc2)cc1. The molecule has 0 radical (unpaired) electrons. The number of hydrogen-bond donors (Lipinski definition) is 0. The van der Waals surface area contributed by atoms with E-state index in [9.17, 15) is 0 Å². The van der Waals surface area contributed by atoms with Crippen LogP contribution < -0.4 is 4.90 Å². The predicted molar refractivity (Wildman–Crippen MR) is 291 cm³/mol. The van der Waals surface area contributed by atoms with E-state index in [1.165, 1.54) is 103 Å². The number of thiazole rings is 1. The molecule has 3 aromatic heterocycles. The maximum Gasteiger partial charge on any atom is 0.109 e. The van der Waals surface area contributed by atoms with E-state index in [4.69, 9.17) is 0 Å². The Hall–Kier alpha value is -8.70. The fourth-order valence-electron chi connectivity index (χ4n) is 10.7. The lowest BCUT2D eigenvalue weighted by Gasteiger charge is -2.27. The number of rotatable bonds is 7. The molecular weight excluding hydrogens is 843 g/mol. The Kier molecular flexibility index (Phi) is 8.76. The maximum absolute atomic E-state index is 2.47. The third kappa shape index (κ3) is 6.12. The van der Waals surface area contributed by atoms with Gasteiger partial charge in [0.05, 0.1) is 26.8 Å². The van der Waals surface area contributed by atoms with Gasteiger partial charge in [0.2, 0.25) is 0 Å². The van der Waals surface area contributed by atoms with Gasteiger partial charge < -0.3 is 9.47 Å². The van der Waals surface area contributed by atoms with Crippen molar-refractivity contribution in [3.8, 4) is 39.1 Å². The van der Waals surface area contributed by atoms with E-state index in [1.54, 1.807) is 0 Å². The lowest BCUT2D eigenvalue weighted by atomic mass is 9.97. The Morgan fingerprint density at radius 2 is 0.853 bits per heavy atom. The van der Waals surface area contributed by atoms with E-state index < -0.39 is 0 Å². The first kappa shape index (κ1) is 38.6. The maximum atomic E-state index is 2.47. The van der Waals surface area contributed by atoms with Crippen molar-refractivity contribution >= 4 is 97.7 Å². The summed E-state index contributed by atoms with van der Waals surface area (Å²) in [6, 6.07) is 91.1. The molecule has 0 fully saturated rings. The van der Waals surface area contributed by atoms with Crippen molar-refractivity contribution in [3.63, 3.8) is 0 Å². The molecule has 0 aliphatic rings. The number of anilines is 3. The first-order valence-corrected chi connectivity index (χ1v) is 24.1. The molecule has 0 spiro atoms. The Balaban J connectivity index is 0.872. The Morgan fingerprint density at radius 3 is 1.59 bits per heavy atom. The van der Waals surface area contributed by atoms with Crippen molar-refractivity contribution in [2.45, 2.75) is 0 Å². The quantitative estimate of drug-likeness (QED) is 0.145. The smallest absolute Gasteiger partial charge is 0.109 e. The van der Waals surface area contributed by atoms with Gasteiger partial charge in [-0.2, -0.15) is 0 Å². The number of benzene rings is 11. The highest BCUT2D eigenvalue weighted by atomic mass is 32.1. The van der Waals surface area contributed by atoms with E-state index in [2.05, 4.69) is 263 Å². The molecule has 14 rings (SSSR count). The summed E-state index contributed by atoms with van der Waals surface area (Å²) in [5.41, 5.74) is 16.7. The van der Waals surface area contributed by atoms with Crippen molar-refractivity contribution < 1.29 is 0 Å². The zero-order chi connectivity index (χ0) is 44.7. The van der Waals surface area contributed by atoms with E-state index in [-0.39, 0.29) is 0 Å². The first-order chi connectivity index (χ1) is 33.7. The predicted octanol–water partition coefficient (Wildman–Crippen LogP) is 18.2. The van der Waals surface area contributed by atoms with Crippen LogP contribution in [0.3, 0.4) is 0 Å². The first-order valence-electron chi connectivity index (χ1n) is 23.2. The molecule has 3 heterocycles. The van der Waals surface area contributed by atoms with Gasteiger partial charge in [-0.25, -0.2) is 0 Å². The minimum Gasteiger partial charge on any atom is -0.310 e. The van der Waals surface area contributed by atoms with Crippen LogP contribution in [0.1, 0.15) is 0 Å². The summed E-state index contributed by atoms with van der Waals surface area (Å²) < 4.78 is 6.15. The van der Waals surface area contributed by atoms with Gasteiger partial charge in [-0.15, -0.1) is 11.3 Å². The van der Waals surface area contributed by atoms with Crippen LogP contribution in [0, 0.1) is 0 Å². The van der Waals surface area contributed by atoms with Crippen molar-refractivity contribution in [1.29, 1.82) is 0 Å². The van der Waals surface area contributed by atoms with Gasteiger partial charge >= 0.3 is 0 Å². The summed E-state index contributed by atoms with van der Waals surface area (Å²) in [7, 11) is 0. The summed E-state index contributed by atoms with van der Waals surface area (Å²) in [5.74, 6) is 0. The molecule has 0 aliphatic heterocycles. The molecule has 0 N–H and O–H groups in total. The zero-order valence-electron chi connectivity index (χ0n) is 36.9. The normalized spacial score (nSPS) is 11.8. The molecule has 0 aliphatic carbocycles. The largest absolute Gasteiger partial charge is 0.310 e.